The molecule has 2 nitrogen and oxygen atoms in total. The number of rotatable bonds is 3. The monoisotopic (exact) mass is 337 g/mol. The molecule has 0 saturated heterocycles. The van der Waals surface area contributed by atoms with E-state index in [2.05, 4.69) is 6.92 Å². The molecule has 2 N–H and O–H groups in total. The lowest BCUT2D eigenvalue weighted by molar-refractivity contribution is -0.138. The van der Waals surface area contributed by atoms with Crippen LogP contribution in [0.1, 0.15) is 43.7 Å². The van der Waals surface area contributed by atoms with Crippen LogP contribution < -0.4 is 10.5 Å². The molecule has 0 aliphatic heterocycles. The van der Waals surface area contributed by atoms with Crippen molar-refractivity contribution >= 4 is 10.8 Å². The number of benzene rings is 2. The minimum Gasteiger partial charge on any atom is -0.490 e. The first-order valence-electron chi connectivity index (χ1n) is 8.38. The van der Waals surface area contributed by atoms with Crippen LogP contribution >= 0.6 is 0 Å². The van der Waals surface area contributed by atoms with Gasteiger partial charge in [0, 0.05) is 6.54 Å². The van der Waals surface area contributed by atoms with Crippen LogP contribution in [0.4, 0.5) is 13.2 Å². The summed E-state index contributed by atoms with van der Waals surface area (Å²) < 4.78 is 46.8. The summed E-state index contributed by atoms with van der Waals surface area (Å²) in [5, 5.41) is 0.705. The predicted molar refractivity (Wildman–Crippen MR) is 88.9 cm³/mol. The lowest BCUT2D eigenvalue weighted by atomic mass is 9.89. The van der Waals surface area contributed by atoms with Gasteiger partial charge in [0.25, 0.3) is 0 Å². The highest BCUT2D eigenvalue weighted by Crippen LogP contribution is 2.42. The fraction of sp³-hybridized carbons (Fsp3) is 0.474. The van der Waals surface area contributed by atoms with E-state index in [0.717, 1.165) is 31.2 Å². The van der Waals surface area contributed by atoms with Crippen LogP contribution in [0.25, 0.3) is 10.8 Å². The molecule has 0 amide bonds. The molecule has 1 aliphatic rings. The largest absolute Gasteiger partial charge is 0.490 e. The van der Waals surface area contributed by atoms with E-state index in [4.69, 9.17) is 10.5 Å². The van der Waals surface area contributed by atoms with E-state index in [9.17, 15) is 13.2 Å². The SMILES string of the molecule is C[C@H]1CC[C@@H](Oc2ccc3cc(CN)ccc3c2C(F)(F)F)CC1. The minimum absolute atomic E-state index is 0.0601. The molecule has 0 aromatic heterocycles. The highest BCUT2D eigenvalue weighted by Gasteiger charge is 2.37. The average molecular weight is 337 g/mol. The molecule has 0 atom stereocenters. The summed E-state index contributed by atoms with van der Waals surface area (Å²) in [6.45, 7) is 2.47. The Morgan fingerprint density at radius 2 is 1.79 bits per heavy atom. The second kappa shape index (κ2) is 6.63. The van der Waals surface area contributed by atoms with Crippen LogP contribution in [0, 0.1) is 5.92 Å². The summed E-state index contributed by atoms with van der Waals surface area (Å²) in [7, 11) is 0. The maximum atomic E-state index is 13.7. The minimum atomic E-state index is -4.46. The van der Waals surface area contributed by atoms with Gasteiger partial charge in [-0.15, -0.1) is 0 Å². The molecule has 130 valence electrons. The summed E-state index contributed by atoms with van der Waals surface area (Å²) >= 11 is 0. The molecule has 3 rings (SSSR count). The first-order chi connectivity index (χ1) is 11.4. The zero-order chi connectivity index (χ0) is 17.3. The normalized spacial score (nSPS) is 21.9. The Hall–Kier alpha value is -1.75. The lowest BCUT2D eigenvalue weighted by Gasteiger charge is -2.28. The van der Waals surface area contributed by atoms with Crippen LogP contribution in [0.5, 0.6) is 5.75 Å². The van der Waals surface area contributed by atoms with E-state index in [1.807, 2.05) is 0 Å². The van der Waals surface area contributed by atoms with Gasteiger partial charge < -0.3 is 10.5 Å². The number of nitrogens with two attached hydrogens (primary N) is 1. The van der Waals surface area contributed by atoms with Gasteiger partial charge in [-0.2, -0.15) is 13.2 Å². The first-order valence-corrected chi connectivity index (χ1v) is 8.38. The highest BCUT2D eigenvalue weighted by molar-refractivity contribution is 5.89. The summed E-state index contributed by atoms with van der Waals surface area (Å²) in [5.41, 5.74) is 5.71. The standard InChI is InChI=1S/C19H22F3NO/c1-12-2-6-15(7-3-12)24-17-9-5-14-10-13(11-23)4-8-16(14)18(17)19(20,21)22/h4-5,8-10,12,15H,2-3,6-7,11,23H2,1H3/t12-,15+. The predicted octanol–water partition coefficient (Wildman–Crippen LogP) is 5.27. The van der Waals surface area contributed by atoms with Crippen LogP contribution in [-0.2, 0) is 12.7 Å². The van der Waals surface area contributed by atoms with Gasteiger partial charge in [0.1, 0.15) is 11.3 Å². The first kappa shape index (κ1) is 17.1. The van der Waals surface area contributed by atoms with E-state index in [0.29, 0.717) is 17.8 Å². The molecule has 2 aromatic carbocycles. The number of fused-ring (bicyclic) bond motifs is 1. The second-order valence-corrected chi connectivity index (χ2v) is 6.70. The van der Waals surface area contributed by atoms with Crippen molar-refractivity contribution in [2.75, 3.05) is 0 Å². The van der Waals surface area contributed by atoms with Gasteiger partial charge in [0.15, 0.2) is 0 Å². The Labute approximate surface area is 139 Å². The number of hydrogen-bond donors (Lipinski definition) is 1. The van der Waals surface area contributed by atoms with Gasteiger partial charge in [-0.1, -0.05) is 25.1 Å². The molecule has 0 bridgehead atoms. The smallest absolute Gasteiger partial charge is 0.420 e. The van der Waals surface area contributed by atoms with Gasteiger partial charge in [0.05, 0.1) is 6.10 Å². The van der Waals surface area contributed by atoms with Gasteiger partial charge in [0.2, 0.25) is 0 Å². The zero-order valence-electron chi connectivity index (χ0n) is 13.7. The molecule has 1 fully saturated rings. The third-order valence-corrected chi connectivity index (χ3v) is 4.82. The molecule has 0 unspecified atom stereocenters. The van der Waals surface area contributed by atoms with Crippen molar-refractivity contribution in [2.24, 2.45) is 11.7 Å². The number of halogens is 3. The van der Waals surface area contributed by atoms with E-state index < -0.39 is 11.7 Å². The summed E-state index contributed by atoms with van der Waals surface area (Å²) in [5.74, 6) is 0.563. The quantitative estimate of drug-likeness (QED) is 0.827. The average Bonchev–Trinajstić information content (AvgIpc) is 2.55. The molecule has 0 radical (unpaired) electrons. The van der Waals surface area contributed by atoms with Crippen molar-refractivity contribution in [3.63, 3.8) is 0 Å². The van der Waals surface area contributed by atoms with E-state index in [1.54, 1.807) is 18.2 Å². The molecule has 1 saturated carbocycles. The lowest BCUT2D eigenvalue weighted by Crippen LogP contribution is -2.24. The molecule has 1 aliphatic carbocycles. The molecule has 0 heterocycles. The Kier molecular flexibility index (Phi) is 4.72. The van der Waals surface area contributed by atoms with Crippen molar-refractivity contribution in [3.8, 4) is 5.75 Å². The van der Waals surface area contributed by atoms with Crippen LogP contribution in [0.2, 0.25) is 0 Å². The van der Waals surface area contributed by atoms with Gasteiger partial charge in [-0.25, -0.2) is 0 Å². The second-order valence-electron chi connectivity index (χ2n) is 6.70. The number of hydrogen-bond acceptors (Lipinski definition) is 2. The summed E-state index contributed by atoms with van der Waals surface area (Å²) in [6, 6.07) is 7.98. The van der Waals surface area contributed by atoms with Crippen molar-refractivity contribution in [1.29, 1.82) is 0 Å². The van der Waals surface area contributed by atoms with Crippen LogP contribution in [0.3, 0.4) is 0 Å². The fourth-order valence-corrected chi connectivity index (χ4v) is 3.40. The van der Waals surface area contributed by atoms with E-state index in [-0.39, 0.29) is 17.2 Å². The number of ether oxygens (including phenoxy) is 1. The fourth-order valence-electron chi connectivity index (χ4n) is 3.40. The topological polar surface area (TPSA) is 35.2 Å². The highest BCUT2D eigenvalue weighted by atomic mass is 19.4. The van der Waals surface area contributed by atoms with Crippen LogP contribution in [0.15, 0.2) is 30.3 Å². The molecule has 0 spiro atoms. The van der Waals surface area contributed by atoms with Crippen LogP contribution in [-0.4, -0.2) is 6.10 Å². The van der Waals surface area contributed by atoms with Gasteiger partial charge >= 0.3 is 6.18 Å². The Morgan fingerprint density at radius 3 is 2.42 bits per heavy atom. The molecule has 5 heteroatoms. The van der Waals surface area contributed by atoms with Gasteiger partial charge in [-0.3, -0.25) is 0 Å². The molecule has 24 heavy (non-hydrogen) atoms. The molecular formula is C19H22F3NO. The van der Waals surface area contributed by atoms with E-state index in [1.165, 1.54) is 12.1 Å². The van der Waals surface area contributed by atoms with Gasteiger partial charge in [-0.05, 0) is 60.1 Å². The number of alkyl halides is 3. The van der Waals surface area contributed by atoms with Crippen molar-refractivity contribution in [3.05, 3.63) is 41.5 Å². The molecular weight excluding hydrogens is 315 g/mol. The summed E-state index contributed by atoms with van der Waals surface area (Å²) in [4.78, 5) is 0. The third-order valence-electron chi connectivity index (χ3n) is 4.82. The molecule has 2 aromatic rings. The summed E-state index contributed by atoms with van der Waals surface area (Å²) in [6.07, 6.45) is -0.978. The van der Waals surface area contributed by atoms with Crippen molar-refractivity contribution < 1.29 is 17.9 Å². The third kappa shape index (κ3) is 3.51. The van der Waals surface area contributed by atoms with Crippen molar-refractivity contribution in [1.82, 2.24) is 0 Å². The zero-order valence-corrected chi connectivity index (χ0v) is 13.7. The van der Waals surface area contributed by atoms with Crippen molar-refractivity contribution in [2.45, 2.75) is 51.4 Å². The maximum Gasteiger partial charge on any atom is 0.420 e. The Bertz CT molecular complexity index is 718. The Morgan fingerprint density at radius 1 is 1.08 bits per heavy atom. The Balaban J connectivity index is 2.00. The maximum absolute atomic E-state index is 13.7. The van der Waals surface area contributed by atoms with E-state index >= 15 is 0 Å².